The lowest BCUT2D eigenvalue weighted by Crippen LogP contribution is -2.33. The molecule has 1 aliphatic carbocycles. The highest BCUT2D eigenvalue weighted by atomic mass is 16.5. The van der Waals surface area contributed by atoms with Crippen molar-refractivity contribution in [1.82, 2.24) is 0 Å². The largest absolute Gasteiger partial charge is 0.496 e. The summed E-state index contributed by atoms with van der Waals surface area (Å²) in [5.41, 5.74) is 9.00. The Hall–Kier alpha value is -1.10. The Morgan fingerprint density at radius 2 is 2.22 bits per heavy atom. The number of rotatable bonds is 4. The first kappa shape index (κ1) is 13.3. The van der Waals surface area contributed by atoms with Crippen LogP contribution in [0.4, 0.5) is 0 Å². The van der Waals surface area contributed by atoms with Crippen molar-refractivity contribution in [1.29, 1.82) is 0 Å². The summed E-state index contributed by atoms with van der Waals surface area (Å²) in [5, 5.41) is 10.1. The van der Waals surface area contributed by atoms with E-state index in [-0.39, 0.29) is 6.04 Å². The molecule has 0 saturated heterocycles. The minimum atomic E-state index is -0.583. The Kier molecular flexibility index (Phi) is 4.22. The molecule has 2 unspecified atom stereocenters. The molecule has 4 nitrogen and oxygen atoms in total. The van der Waals surface area contributed by atoms with Gasteiger partial charge in [0.15, 0.2) is 0 Å². The number of methoxy groups -OCH3 is 1. The number of hydrogen-bond donors (Lipinski definition) is 2. The molecule has 1 aliphatic rings. The monoisotopic (exact) mass is 251 g/mol. The van der Waals surface area contributed by atoms with Crippen LogP contribution in [0, 0.1) is 0 Å². The van der Waals surface area contributed by atoms with Crippen molar-refractivity contribution in [3.8, 4) is 5.75 Å². The van der Waals surface area contributed by atoms with Crippen LogP contribution < -0.4 is 10.5 Å². The van der Waals surface area contributed by atoms with Crippen molar-refractivity contribution in [3.63, 3.8) is 0 Å². The topological polar surface area (TPSA) is 64.7 Å². The third-order valence-corrected chi connectivity index (χ3v) is 3.55. The molecule has 2 atom stereocenters. The Labute approximate surface area is 108 Å². The molecule has 0 bridgehead atoms. The Morgan fingerprint density at radius 3 is 2.89 bits per heavy atom. The average Bonchev–Trinajstić information content (AvgIpc) is 2.40. The highest BCUT2D eigenvalue weighted by Crippen LogP contribution is 2.35. The van der Waals surface area contributed by atoms with Crippen molar-refractivity contribution in [2.24, 2.45) is 5.73 Å². The molecule has 2 rings (SSSR count). The van der Waals surface area contributed by atoms with Crippen LogP contribution in [0.15, 0.2) is 12.1 Å². The molecule has 18 heavy (non-hydrogen) atoms. The molecule has 0 aliphatic heterocycles. The van der Waals surface area contributed by atoms with Crippen LogP contribution in [0.3, 0.4) is 0 Å². The van der Waals surface area contributed by atoms with E-state index >= 15 is 0 Å². The van der Waals surface area contributed by atoms with Gasteiger partial charge in [0.1, 0.15) is 5.75 Å². The average molecular weight is 251 g/mol. The van der Waals surface area contributed by atoms with Gasteiger partial charge in [0.2, 0.25) is 0 Å². The second-order valence-electron chi connectivity index (χ2n) is 4.60. The molecule has 1 aromatic carbocycles. The summed E-state index contributed by atoms with van der Waals surface area (Å²) >= 11 is 0. The second-order valence-corrected chi connectivity index (χ2v) is 4.60. The van der Waals surface area contributed by atoms with Gasteiger partial charge in [0.25, 0.3) is 0 Å². The zero-order valence-electron chi connectivity index (χ0n) is 11.0. The molecule has 1 aromatic rings. The first-order valence-corrected chi connectivity index (χ1v) is 6.39. The molecule has 3 N–H and O–H groups in total. The van der Waals surface area contributed by atoms with E-state index < -0.39 is 6.10 Å². The van der Waals surface area contributed by atoms with Gasteiger partial charge in [-0.25, -0.2) is 0 Å². The van der Waals surface area contributed by atoms with Gasteiger partial charge in [-0.2, -0.15) is 0 Å². The summed E-state index contributed by atoms with van der Waals surface area (Å²) < 4.78 is 10.9. The van der Waals surface area contributed by atoms with Crippen LogP contribution in [0.5, 0.6) is 5.75 Å². The summed E-state index contributed by atoms with van der Waals surface area (Å²) in [7, 11) is 1.65. The van der Waals surface area contributed by atoms with Crippen LogP contribution in [0.1, 0.15) is 36.1 Å². The lowest BCUT2D eigenvalue weighted by Gasteiger charge is -2.29. The van der Waals surface area contributed by atoms with E-state index in [1.165, 1.54) is 0 Å². The number of benzene rings is 1. The van der Waals surface area contributed by atoms with E-state index in [0.717, 1.165) is 35.3 Å². The normalized spacial score (nSPS) is 22.7. The van der Waals surface area contributed by atoms with Gasteiger partial charge in [-0.15, -0.1) is 0 Å². The summed E-state index contributed by atoms with van der Waals surface area (Å²) in [4.78, 5) is 0. The van der Waals surface area contributed by atoms with Gasteiger partial charge >= 0.3 is 0 Å². The fourth-order valence-electron chi connectivity index (χ4n) is 2.52. The van der Waals surface area contributed by atoms with Crippen LogP contribution >= 0.6 is 0 Å². The molecule has 0 saturated carbocycles. The predicted molar refractivity (Wildman–Crippen MR) is 69.6 cm³/mol. The van der Waals surface area contributed by atoms with Crippen molar-refractivity contribution in [2.75, 3.05) is 13.7 Å². The van der Waals surface area contributed by atoms with E-state index in [0.29, 0.717) is 13.2 Å². The van der Waals surface area contributed by atoms with Gasteiger partial charge in [-0.05, 0) is 37.0 Å². The maximum atomic E-state index is 10.1. The van der Waals surface area contributed by atoms with E-state index in [2.05, 4.69) is 0 Å². The fraction of sp³-hybridized carbons (Fsp3) is 0.571. The van der Waals surface area contributed by atoms with E-state index in [1.807, 2.05) is 19.1 Å². The van der Waals surface area contributed by atoms with Gasteiger partial charge in [0.05, 0.1) is 19.8 Å². The number of aliphatic hydroxyl groups is 1. The molecule has 0 spiro atoms. The molecular weight excluding hydrogens is 230 g/mol. The molecule has 100 valence electrons. The van der Waals surface area contributed by atoms with Crippen molar-refractivity contribution in [2.45, 2.75) is 38.5 Å². The van der Waals surface area contributed by atoms with Crippen molar-refractivity contribution >= 4 is 0 Å². The highest BCUT2D eigenvalue weighted by Gasteiger charge is 2.28. The summed E-state index contributed by atoms with van der Waals surface area (Å²) in [6, 6.07) is 3.62. The van der Waals surface area contributed by atoms with Gasteiger partial charge in [0, 0.05) is 18.2 Å². The smallest absolute Gasteiger partial charge is 0.124 e. The third-order valence-electron chi connectivity index (χ3n) is 3.55. The van der Waals surface area contributed by atoms with Gasteiger partial charge in [-0.3, -0.25) is 0 Å². The Bertz CT molecular complexity index is 420. The molecule has 0 radical (unpaired) electrons. The first-order chi connectivity index (χ1) is 8.69. The first-order valence-electron chi connectivity index (χ1n) is 6.39. The maximum absolute atomic E-state index is 10.1. The van der Waals surface area contributed by atoms with Crippen LogP contribution in [-0.4, -0.2) is 24.9 Å². The minimum absolute atomic E-state index is 0.175. The lowest BCUT2D eigenvalue weighted by atomic mass is 9.83. The zero-order valence-corrected chi connectivity index (χ0v) is 11.0. The number of aliphatic hydroxyl groups excluding tert-OH is 1. The zero-order chi connectivity index (χ0) is 13.1. The SMILES string of the molecule is CCOCc1c(OC)ccc2c1CCC(N)C2O. The van der Waals surface area contributed by atoms with Crippen molar-refractivity contribution in [3.05, 3.63) is 28.8 Å². The van der Waals surface area contributed by atoms with E-state index in [4.69, 9.17) is 15.2 Å². The summed E-state index contributed by atoms with van der Waals surface area (Å²) in [6.07, 6.45) is 1.08. The Morgan fingerprint density at radius 1 is 1.44 bits per heavy atom. The van der Waals surface area contributed by atoms with Crippen LogP contribution in [0.25, 0.3) is 0 Å². The number of fused-ring (bicyclic) bond motifs is 1. The summed E-state index contributed by atoms with van der Waals surface area (Å²) in [5.74, 6) is 0.824. The molecule has 0 aromatic heterocycles. The lowest BCUT2D eigenvalue weighted by molar-refractivity contribution is 0.123. The number of ether oxygens (including phenoxy) is 2. The van der Waals surface area contributed by atoms with Gasteiger partial charge in [-0.1, -0.05) is 6.07 Å². The van der Waals surface area contributed by atoms with Crippen LogP contribution in [0.2, 0.25) is 0 Å². The van der Waals surface area contributed by atoms with Gasteiger partial charge < -0.3 is 20.3 Å². The molecule has 4 heteroatoms. The molecule has 0 heterocycles. The quantitative estimate of drug-likeness (QED) is 0.852. The Balaban J connectivity index is 2.42. The third kappa shape index (κ3) is 2.36. The van der Waals surface area contributed by atoms with E-state index in [1.54, 1.807) is 7.11 Å². The van der Waals surface area contributed by atoms with Crippen LogP contribution in [-0.2, 0) is 17.8 Å². The second kappa shape index (κ2) is 5.69. The molecular formula is C14H21NO3. The van der Waals surface area contributed by atoms with Crippen molar-refractivity contribution < 1.29 is 14.6 Å². The predicted octanol–water partition coefficient (Wildman–Crippen LogP) is 1.54. The molecule has 0 fully saturated rings. The number of hydrogen-bond acceptors (Lipinski definition) is 4. The maximum Gasteiger partial charge on any atom is 0.124 e. The minimum Gasteiger partial charge on any atom is -0.496 e. The standard InChI is InChI=1S/C14H21NO3/c1-3-18-8-11-9-4-6-12(15)14(16)10(9)5-7-13(11)17-2/h5,7,12,14,16H,3-4,6,8,15H2,1-2H3. The highest BCUT2D eigenvalue weighted by molar-refractivity contribution is 5.47. The van der Waals surface area contributed by atoms with E-state index in [9.17, 15) is 5.11 Å². The summed E-state index contributed by atoms with van der Waals surface area (Å²) in [6.45, 7) is 3.15. The molecule has 0 amide bonds. The number of nitrogens with two attached hydrogens (primary N) is 1. The fourth-order valence-corrected chi connectivity index (χ4v) is 2.52.